The normalized spacial score (nSPS) is 16.7. The number of nitrogen functional groups attached to an aromatic ring is 1. The second-order valence-electron chi connectivity index (χ2n) is 4.25. The van der Waals surface area contributed by atoms with Gasteiger partial charge in [-0.05, 0) is 42.4 Å². The fraction of sp³-hybridized carbons (Fsp3) is 0.500. The van der Waals surface area contributed by atoms with Gasteiger partial charge in [-0.3, -0.25) is 4.79 Å². The molecule has 0 aromatic carbocycles. The van der Waals surface area contributed by atoms with Gasteiger partial charge in [0, 0.05) is 12.6 Å². The van der Waals surface area contributed by atoms with Crippen molar-refractivity contribution in [3.05, 3.63) is 18.3 Å². The van der Waals surface area contributed by atoms with Gasteiger partial charge in [0.1, 0.15) is 0 Å². The maximum Gasteiger partial charge on any atom is 0.225 e. The predicted octanol–water partition coefficient (Wildman–Crippen LogP) is 2.14. The van der Waals surface area contributed by atoms with Gasteiger partial charge in [0.05, 0.1) is 5.69 Å². The molecule has 0 aliphatic carbocycles. The number of hydrogen-bond acceptors (Lipinski definition) is 4. The molecule has 0 saturated carbocycles. The molecule has 0 radical (unpaired) electrons. The number of carbonyl (C=O) groups excluding carboxylic acids is 1. The molecular weight excluding hydrogens is 234 g/mol. The third-order valence-corrected chi connectivity index (χ3v) is 3.96. The summed E-state index contributed by atoms with van der Waals surface area (Å²) in [7, 11) is 0. The topological polar surface area (TPSA) is 68.0 Å². The summed E-state index contributed by atoms with van der Waals surface area (Å²) in [5.74, 6) is 3.35. The smallest absolute Gasteiger partial charge is 0.225 e. The molecule has 1 aliphatic rings. The van der Waals surface area contributed by atoms with Crippen molar-refractivity contribution >= 4 is 29.2 Å². The Balaban J connectivity index is 1.86. The summed E-state index contributed by atoms with van der Waals surface area (Å²) in [4.78, 5) is 15.9. The van der Waals surface area contributed by atoms with Gasteiger partial charge in [0.15, 0.2) is 5.82 Å². The Morgan fingerprint density at radius 2 is 2.29 bits per heavy atom. The van der Waals surface area contributed by atoms with E-state index in [0.29, 0.717) is 23.8 Å². The number of nitrogens with two attached hydrogens (primary N) is 1. The second-order valence-corrected chi connectivity index (χ2v) is 5.47. The quantitative estimate of drug-likeness (QED) is 0.863. The maximum atomic E-state index is 11.8. The van der Waals surface area contributed by atoms with Crippen LogP contribution < -0.4 is 11.1 Å². The van der Waals surface area contributed by atoms with Crippen LogP contribution in [0.2, 0.25) is 0 Å². The molecular formula is C12H17N3OS. The molecule has 2 rings (SSSR count). The van der Waals surface area contributed by atoms with Crippen molar-refractivity contribution in [1.82, 2.24) is 4.98 Å². The number of rotatable bonds is 3. The second kappa shape index (κ2) is 5.91. The Morgan fingerprint density at radius 3 is 3.00 bits per heavy atom. The molecule has 0 spiro atoms. The first-order chi connectivity index (χ1) is 8.25. The number of nitrogens with zero attached hydrogens (tertiary/aromatic N) is 1. The van der Waals surface area contributed by atoms with Crippen LogP contribution in [-0.2, 0) is 4.79 Å². The van der Waals surface area contributed by atoms with E-state index in [9.17, 15) is 4.79 Å². The molecule has 1 fully saturated rings. The molecule has 2 heterocycles. The van der Waals surface area contributed by atoms with Gasteiger partial charge in [-0.2, -0.15) is 11.8 Å². The van der Waals surface area contributed by atoms with E-state index in [1.54, 1.807) is 18.3 Å². The average Bonchev–Trinajstić information content (AvgIpc) is 2.33. The molecule has 5 heteroatoms. The highest BCUT2D eigenvalue weighted by atomic mass is 32.2. The minimum atomic E-state index is 0.0206. The maximum absolute atomic E-state index is 11.8. The van der Waals surface area contributed by atoms with E-state index in [-0.39, 0.29) is 5.91 Å². The largest absolute Gasteiger partial charge is 0.396 e. The minimum Gasteiger partial charge on any atom is -0.396 e. The van der Waals surface area contributed by atoms with E-state index in [1.165, 1.54) is 11.5 Å². The van der Waals surface area contributed by atoms with Gasteiger partial charge < -0.3 is 11.1 Å². The number of aromatic nitrogens is 1. The van der Waals surface area contributed by atoms with Gasteiger partial charge in [-0.25, -0.2) is 4.98 Å². The molecule has 0 bridgehead atoms. The molecule has 3 N–H and O–H groups in total. The van der Waals surface area contributed by atoms with Gasteiger partial charge in [-0.15, -0.1) is 0 Å². The predicted molar refractivity (Wildman–Crippen MR) is 71.9 cm³/mol. The van der Waals surface area contributed by atoms with E-state index in [1.807, 2.05) is 11.8 Å². The van der Waals surface area contributed by atoms with E-state index >= 15 is 0 Å². The van der Waals surface area contributed by atoms with Crippen molar-refractivity contribution in [3.8, 4) is 0 Å². The summed E-state index contributed by atoms with van der Waals surface area (Å²) < 4.78 is 0. The monoisotopic (exact) mass is 251 g/mol. The fourth-order valence-electron chi connectivity index (χ4n) is 1.92. The molecule has 0 atom stereocenters. The number of anilines is 2. The highest BCUT2D eigenvalue weighted by molar-refractivity contribution is 7.99. The average molecular weight is 251 g/mol. The zero-order valence-electron chi connectivity index (χ0n) is 9.69. The van der Waals surface area contributed by atoms with Crippen LogP contribution in [-0.4, -0.2) is 22.4 Å². The Labute approximate surface area is 105 Å². The van der Waals surface area contributed by atoms with E-state index < -0.39 is 0 Å². The van der Waals surface area contributed by atoms with Crippen LogP contribution >= 0.6 is 11.8 Å². The Morgan fingerprint density at radius 1 is 1.53 bits per heavy atom. The first-order valence-corrected chi connectivity index (χ1v) is 6.99. The first kappa shape index (κ1) is 12.2. The van der Waals surface area contributed by atoms with Gasteiger partial charge in [-0.1, -0.05) is 0 Å². The van der Waals surface area contributed by atoms with Crippen LogP contribution in [0.1, 0.15) is 19.3 Å². The Bertz CT molecular complexity index is 391. The summed E-state index contributed by atoms with van der Waals surface area (Å²) in [6, 6.07) is 3.49. The number of amides is 1. The number of pyridine rings is 1. The molecule has 0 unspecified atom stereocenters. The summed E-state index contributed by atoms with van der Waals surface area (Å²) in [5, 5.41) is 2.78. The molecule has 1 aliphatic heterocycles. The fourth-order valence-corrected chi connectivity index (χ4v) is 3.12. The summed E-state index contributed by atoms with van der Waals surface area (Å²) in [6.45, 7) is 0. The Kier molecular flexibility index (Phi) is 4.25. The summed E-state index contributed by atoms with van der Waals surface area (Å²) in [5.41, 5.74) is 6.24. The molecule has 1 aromatic rings. The van der Waals surface area contributed by atoms with Crippen molar-refractivity contribution in [2.45, 2.75) is 19.3 Å². The molecule has 1 aromatic heterocycles. The van der Waals surface area contributed by atoms with Crippen molar-refractivity contribution in [3.63, 3.8) is 0 Å². The number of thioether (sulfide) groups is 1. The number of carbonyl (C=O) groups is 1. The standard InChI is InChI=1S/C12H17N3OS/c13-10-2-1-5-14-12(10)15-11(16)8-9-3-6-17-7-4-9/h1-2,5,9H,3-4,6-8,13H2,(H,14,15,16). The lowest BCUT2D eigenvalue weighted by Crippen LogP contribution is -2.20. The van der Waals surface area contributed by atoms with Crippen molar-refractivity contribution in [2.75, 3.05) is 22.6 Å². The lowest BCUT2D eigenvalue weighted by Gasteiger charge is -2.20. The third-order valence-electron chi connectivity index (χ3n) is 2.91. The van der Waals surface area contributed by atoms with Gasteiger partial charge >= 0.3 is 0 Å². The number of hydrogen-bond donors (Lipinski definition) is 2. The molecule has 4 nitrogen and oxygen atoms in total. The van der Waals surface area contributed by atoms with E-state index in [0.717, 1.165) is 12.8 Å². The Hall–Kier alpha value is -1.23. The summed E-state index contributed by atoms with van der Waals surface area (Å²) in [6.07, 6.45) is 4.48. The summed E-state index contributed by atoms with van der Waals surface area (Å²) >= 11 is 1.97. The van der Waals surface area contributed by atoms with Gasteiger partial charge in [0.2, 0.25) is 5.91 Å². The van der Waals surface area contributed by atoms with Crippen LogP contribution in [0.5, 0.6) is 0 Å². The molecule has 1 amide bonds. The lowest BCUT2D eigenvalue weighted by molar-refractivity contribution is -0.117. The van der Waals surface area contributed by atoms with E-state index in [4.69, 9.17) is 5.73 Å². The third kappa shape index (κ3) is 3.63. The lowest BCUT2D eigenvalue weighted by atomic mass is 9.98. The SMILES string of the molecule is Nc1cccnc1NC(=O)CC1CCSCC1. The highest BCUT2D eigenvalue weighted by Crippen LogP contribution is 2.25. The first-order valence-electron chi connectivity index (χ1n) is 5.84. The highest BCUT2D eigenvalue weighted by Gasteiger charge is 2.17. The van der Waals surface area contributed by atoms with Gasteiger partial charge in [0.25, 0.3) is 0 Å². The van der Waals surface area contributed by atoms with Crippen molar-refractivity contribution < 1.29 is 4.79 Å². The molecule has 92 valence electrons. The van der Waals surface area contributed by atoms with E-state index in [2.05, 4.69) is 10.3 Å². The van der Waals surface area contributed by atoms with Crippen LogP contribution in [0.3, 0.4) is 0 Å². The van der Waals surface area contributed by atoms with Crippen LogP contribution in [0, 0.1) is 5.92 Å². The minimum absolute atomic E-state index is 0.0206. The molecule has 17 heavy (non-hydrogen) atoms. The van der Waals surface area contributed by atoms with Crippen molar-refractivity contribution in [2.24, 2.45) is 5.92 Å². The van der Waals surface area contributed by atoms with Crippen molar-refractivity contribution in [1.29, 1.82) is 0 Å². The van der Waals surface area contributed by atoms with Crippen LogP contribution in [0.4, 0.5) is 11.5 Å². The molecule has 1 saturated heterocycles. The zero-order chi connectivity index (χ0) is 12.1. The number of nitrogens with one attached hydrogen (secondary N) is 1. The van der Waals surface area contributed by atoms with Crippen LogP contribution in [0.25, 0.3) is 0 Å². The zero-order valence-corrected chi connectivity index (χ0v) is 10.5. The van der Waals surface area contributed by atoms with Crippen LogP contribution in [0.15, 0.2) is 18.3 Å².